The topological polar surface area (TPSA) is 79.8 Å². The Morgan fingerprint density at radius 2 is 1.87 bits per heavy atom. The Morgan fingerprint density at radius 3 is 2.67 bits per heavy atom. The number of halogens is 1. The first-order chi connectivity index (χ1) is 14.7. The number of nitrogens with zero attached hydrogens (tertiary/aromatic N) is 3. The fourth-order valence-electron chi connectivity index (χ4n) is 3.33. The van der Waals surface area contributed by atoms with E-state index in [2.05, 4.69) is 25.6 Å². The van der Waals surface area contributed by atoms with Crippen LogP contribution in [0.15, 0.2) is 67.1 Å². The number of aromatic nitrogens is 3. The minimum atomic E-state index is -0.283. The molecule has 2 aromatic heterocycles. The van der Waals surface area contributed by atoms with Crippen molar-refractivity contribution in [2.45, 2.75) is 6.42 Å². The zero-order valence-corrected chi connectivity index (χ0v) is 16.4. The molecular weight excluding hydrogens is 381 g/mol. The van der Waals surface area contributed by atoms with Crippen molar-refractivity contribution < 1.29 is 9.18 Å². The number of amides is 1. The molecule has 0 aliphatic heterocycles. The van der Waals surface area contributed by atoms with Crippen LogP contribution in [0.4, 0.5) is 10.2 Å². The number of rotatable bonds is 6. The van der Waals surface area contributed by atoms with Crippen LogP contribution in [0.25, 0.3) is 22.2 Å². The summed E-state index contributed by atoms with van der Waals surface area (Å²) in [6, 6.07) is 15.6. The largest absolute Gasteiger partial charge is 0.370 e. The summed E-state index contributed by atoms with van der Waals surface area (Å²) in [5.41, 5.74) is 4.00. The first-order valence-electron chi connectivity index (χ1n) is 9.56. The quantitative estimate of drug-likeness (QED) is 0.513. The molecule has 2 aromatic carbocycles. The molecular formula is C23H20FN5O. The van der Waals surface area contributed by atoms with Gasteiger partial charge in [-0.2, -0.15) is 0 Å². The van der Waals surface area contributed by atoms with Crippen LogP contribution in [0, 0.1) is 5.82 Å². The maximum Gasteiger partial charge on any atom is 0.251 e. The molecule has 4 rings (SSSR count). The molecule has 0 saturated heterocycles. The predicted molar refractivity (Wildman–Crippen MR) is 115 cm³/mol. The molecule has 0 radical (unpaired) electrons. The Balaban J connectivity index is 1.50. The van der Waals surface area contributed by atoms with E-state index in [9.17, 15) is 9.18 Å². The second-order valence-electron chi connectivity index (χ2n) is 6.72. The SMILES string of the molecule is CNC(=O)c1ccnc2c(CCNc3cc(-c4ccc(F)cc4)ncn3)cccc12. The van der Waals surface area contributed by atoms with Gasteiger partial charge in [-0.1, -0.05) is 18.2 Å². The minimum absolute atomic E-state index is 0.132. The van der Waals surface area contributed by atoms with E-state index in [0.29, 0.717) is 24.3 Å². The maximum atomic E-state index is 13.1. The van der Waals surface area contributed by atoms with Crippen molar-refractivity contribution in [3.05, 3.63) is 84.1 Å². The minimum Gasteiger partial charge on any atom is -0.370 e. The molecule has 0 aliphatic carbocycles. The fraction of sp³-hybridized carbons (Fsp3) is 0.130. The van der Waals surface area contributed by atoms with Gasteiger partial charge < -0.3 is 10.6 Å². The summed E-state index contributed by atoms with van der Waals surface area (Å²) in [5.74, 6) is 0.269. The molecule has 0 spiro atoms. The highest BCUT2D eigenvalue weighted by Gasteiger charge is 2.11. The van der Waals surface area contributed by atoms with Crippen molar-refractivity contribution in [3.8, 4) is 11.3 Å². The van der Waals surface area contributed by atoms with Crippen LogP contribution >= 0.6 is 0 Å². The van der Waals surface area contributed by atoms with E-state index in [4.69, 9.17) is 0 Å². The lowest BCUT2D eigenvalue weighted by molar-refractivity contribution is 0.0964. The average Bonchev–Trinajstić information content (AvgIpc) is 2.79. The maximum absolute atomic E-state index is 13.1. The highest BCUT2D eigenvalue weighted by Crippen LogP contribution is 2.22. The van der Waals surface area contributed by atoms with E-state index in [0.717, 1.165) is 27.7 Å². The van der Waals surface area contributed by atoms with Gasteiger partial charge in [-0.05, 0) is 42.3 Å². The second kappa shape index (κ2) is 8.65. The summed E-state index contributed by atoms with van der Waals surface area (Å²) in [6.45, 7) is 0.630. The van der Waals surface area contributed by atoms with Crippen molar-refractivity contribution in [1.29, 1.82) is 0 Å². The number of hydrogen-bond donors (Lipinski definition) is 2. The van der Waals surface area contributed by atoms with Crippen LogP contribution in [-0.4, -0.2) is 34.5 Å². The first kappa shape index (κ1) is 19.4. The van der Waals surface area contributed by atoms with E-state index in [1.807, 2.05) is 24.3 Å². The van der Waals surface area contributed by atoms with Gasteiger partial charge in [0.1, 0.15) is 18.0 Å². The first-order valence-corrected chi connectivity index (χ1v) is 9.56. The average molecular weight is 401 g/mol. The Hall–Kier alpha value is -3.87. The van der Waals surface area contributed by atoms with Crippen LogP contribution in [0.3, 0.4) is 0 Å². The smallest absolute Gasteiger partial charge is 0.251 e. The lowest BCUT2D eigenvalue weighted by Crippen LogP contribution is -2.18. The van der Waals surface area contributed by atoms with Crippen molar-refractivity contribution in [3.63, 3.8) is 0 Å². The van der Waals surface area contributed by atoms with E-state index >= 15 is 0 Å². The summed E-state index contributed by atoms with van der Waals surface area (Å²) in [4.78, 5) is 25.1. The molecule has 0 fully saturated rings. The number of carbonyl (C=O) groups is 1. The lowest BCUT2D eigenvalue weighted by atomic mass is 10.0. The van der Waals surface area contributed by atoms with Crippen molar-refractivity contribution in [1.82, 2.24) is 20.3 Å². The van der Waals surface area contributed by atoms with Crippen LogP contribution in [0.5, 0.6) is 0 Å². The number of fused-ring (bicyclic) bond motifs is 1. The van der Waals surface area contributed by atoms with E-state index in [1.54, 1.807) is 31.4 Å². The zero-order chi connectivity index (χ0) is 20.9. The highest BCUT2D eigenvalue weighted by molar-refractivity contribution is 6.06. The third kappa shape index (κ3) is 4.10. The molecule has 4 aromatic rings. The van der Waals surface area contributed by atoms with Gasteiger partial charge in [-0.3, -0.25) is 9.78 Å². The molecule has 0 atom stereocenters. The van der Waals surface area contributed by atoms with Gasteiger partial charge in [0.05, 0.1) is 16.8 Å². The van der Waals surface area contributed by atoms with Crippen LogP contribution in [0.2, 0.25) is 0 Å². The van der Waals surface area contributed by atoms with Crippen molar-refractivity contribution >= 4 is 22.6 Å². The van der Waals surface area contributed by atoms with Crippen LogP contribution < -0.4 is 10.6 Å². The number of nitrogens with one attached hydrogen (secondary N) is 2. The molecule has 2 heterocycles. The summed E-state index contributed by atoms with van der Waals surface area (Å²) in [7, 11) is 1.62. The molecule has 0 unspecified atom stereocenters. The van der Waals surface area contributed by atoms with Gasteiger partial charge in [0, 0.05) is 36.8 Å². The summed E-state index contributed by atoms with van der Waals surface area (Å²) >= 11 is 0. The monoisotopic (exact) mass is 401 g/mol. The van der Waals surface area contributed by atoms with Gasteiger partial charge in [-0.15, -0.1) is 0 Å². The summed E-state index contributed by atoms with van der Waals surface area (Å²) in [5, 5.41) is 6.79. The Kier molecular flexibility index (Phi) is 5.61. The van der Waals surface area contributed by atoms with Crippen molar-refractivity contribution in [2.75, 3.05) is 18.9 Å². The van der Waals surface area contributed by atoms with Crippen molar-refractivity contribution in [2.24, 2.45) is 0 Å². The fourth-order valence-corrected chi connectivity index (χ4v) is 3.33. The number of pyridine rings is 1. The molecule has 0 aliphatic rings. The number of hydrogen-bond acceptors (Lipinski definition) is 5. The third-order valence-electron chi connectivity index (χ3n) is 4.83. The van der Waals surface area contributed by atoms with Crippen LogP contribution in [0.1, 0.15) is 15.9 Å². The van der Waals surface area contributed by atoms with Crippen LogP contribution in [-0.2, 0) is 6.42 Å². The Morgan fingerprint density at radius 1 is 1.03 bits per heavy atom. The molecule has 1 amide bonds. The van der Waals surface area contributed by atoms with E-state index in [-0.39, 0.29) is 11.7 Å². The third-order valence-corrected chi connectivity index (χ3v) is 4.83. The van der Waals surface area contributed by atoms with Gasteiger partial charge >= 0.3 is 0 Å². The normalized spacial score (nSPS) is 10.7. The van der Waals surface area contributed by atoms with Gasteiger partial charge in [0.25, 0.3) is 5.91 Å². The Bertz CT molecular complexity index is 1190. The van der Waals surface area contributed by atoms with Gasteiger partial charge in [0.15, 0.2) is 0 Å². The van der Waals surface area contributed by atoms with E-state index < -0.39 is 0 Å². The lowest BCUT2D eigenvalue weighted by Gasteiger charge is -2.10. The molecule has 6 nitrogen and oxygen atoms in total. The molecule has 150 valence electrons. The predicted octanol–water partition coefficient (Wildman–Crippen LogP) is 3.85. The molecule has 2 N–H and O–H groups in total. The van der Waals surface area contributed by atoms with Gasteiger partial charge in [0.2, 0.25) is 0 Å². The zero-order valence-electron chi connectivity index (χ0n) is 16.4. The second-order valence-corrected chi connectivity index (χ2v) is 6.72. The van der Waals surface area contributed by atoms with Gasteiger partial charge in [-0.25, -0.2) is 14.4 Å². The Labute approximate surface area is 173 Å². The number of benzene rings is 2. The molecule has 0 bridgehead atoms. The number of carbonyl (C=O) groups excluding carboxylic acids is 1. The summed E-state index contributed by atoms with van der Waals surface area (Å²) < 4.78 is 13.1. The molecule has 30 heavy (non-hydrogen) atoms. The standard InChI is InChI=1S/C23H20FN5O/c1-25-23(30)19-10-12-27-22-16(3-2-4-18(19)22)9-11-26-21-13-20(28-14-29-21)15-5-7-17(24)8-6-15/h2-8,10,12-14H,9,11H2,1H3,(H,25,30)(H,26,28,29). The molecule has 0 saturated carbocycles. The number of para-hydroxylation sites is 1. The number of anilines is 1. The highest BCUT2D eigenvalue weighted by atomic mass is 19.1. The van der Waals surface area contributed by atoms with E-state index in [1.165, 1.54) is 18.5 Å². The molecule has 7 heteroatoms. The summed E-state index contributed by atoms with van der Waals surface area (Å²) in [6.07, 6.45) is 3.84.